The van der Waals surface area contributed by atoms with Gasteiger partial charge in [0.15, 0.2) is 0 Å². The van der Waals surface area contributed by atoms with Crippen LogP contribution in [0.5, 0.6) is 5.75 Å². The number of hydrogen-bond acceptors (Lipinski definition) is 3. The zero-order chi connectivity index (χ0) is 18.6. The molecule has 1 heterocycles. The largest absolute Gasteiger partial charge is 0.489 e. The number of fused-ring (bicyclic) bond motifs is 1. The summed E-state index contributed by atoms with van der Waals surface area (Å²) in [5, 5.41) is 0.858. The summed E-state index contributed by atoms with van der Waals surface area (Å²) in [5.74, 6) is 0.658. The van der Waals surface area contributed by atoms with Crippen molar-refractivity contribution in [2.24, 2.45) is 0 Å². The lowest BCUT2D eigenvalue weighted by molar-refractivity contribution is 0.306. The third kappa shape index (κ3) is 3.67. The highest BCUT2D eigenvalue weighted by molar-refractivity contribution is 5.82. The SMILES string of the molecule is C=Cc1ccc(COc2ccc3cc(-c4ccccc4)c(=O)oc3c2)cc1. The molecule has 0 atom stereocenters. The lowest BCUT2D eigenvalue weighted by Crippen LogP contribution is -2.02. The molecule has 0 amide bonds. The summed E-state index contributed by atoms with van der Waals surface area (Å²) in [5.41, 5.74) is 3.68. The van der Waals surface area contributed by atoms with E-state index < -0.39 is 0 Å². The monoisotopic (exact) mass is 354 g/mol. The summed E-state index contributed by atoms with van der Waals surface area (Å²) in [6, 6.07) is 24.9. The van der Waals surface area contributed by atoms with Gasteiger partial charge in [0.25, 0.3) is 0 Å². The second-order valence-corrected chi connectivity index (χ2v) is 6.25. The second kappa shape index (κ2) is 7.34. The van der Waals surface area contributed by atoms with E-state index >= 15 is 0 Å². The van der Waals surface area contributed by atoms with Crippen LogP contribution in [-0.4, -0.2) is 0 Å². The molecular formula is C24H18O3. The maximum absolute atomic E-state index is 12.4. The summed E-state index contributed by atoms with van der Waals surface area (Å²) in [4.78, 5) is 12.4. The molecule has 3 aromatic carbocycles. The van der Waals surface area contributed by atoms with Crippen molar-refractivity contribution >= 4 is 17.0 Å². The Labute approximate surface area is 157 Å². The first-order valence-corrected chi connectivity index (χ1v) is 8.70. The molecule has 4 rings (SSSR count). The number of ether oxygens (including phenoxy) is 1. The van der Waals surface area contributed by atoms with Crippen LogP contribution in [0, 0.1) is 0 Å². The molecular weight excluding hydrogens is 336 g/mol. The van der Waals surface area contributed by atoms with Crippen LogP contribution >= 0.6 is 0 Å². The Morgan fingerprint density at radius 3 is 2.44 bits per heavy atom. The molecule has 3 heteroatoms. The fraction of sp³-hybridized carbons (Fsp3) is 0.0417. The Morgan fingerprint density at radius 2 is 1.70 bits per heavy atom. The van der Waals surface area contributed by atoms with Gasteiger partial charge in [0.2, 0.25) is 0 Å². The molecule has 0 saturated carbocycles. The first kappa shape index (κ1) is 16.9. The minimum Gasteiger partial charge on any atom is -0.489 e. The maximum Gasteiger partial charge on any atom is 0.344 e. The molecule has 132 valence electrons. The van der Waals surface area contributed by atoms with E-state index in [0.717, 1.165) is 22.1 Å². The van der Waals surface area contributed by atoms with Gasteiger partial charge in [-0.15, -0.1) is 0 Å². The summed E-state index contributed by atoms with van der Waals surface area (Å²) in [6.07, 6.45) is 1.81. The minimum absolute atomic E-state index is 0.356. The fourth-order valence-electron chi connectivity index (χ4n) is 2.92. The van der Waals surface area contributed by atoms with Crippen molar-refractivity contribution in [1.82, 2.24) is 0 Å². The Kier molecular flexibility index (Phi) is 4.58. The molecule has 0 N–H and O–H groups in total. The summed E-state index contributed by atoms with van der Waals surface area (Å²) in [7, 11) is 0. The third-order valence-electron chi connectivity index (χ3n) is 4.41. The van der Waals surface area contributed by atoms with Gasteiger partial charge in [-0.3, -0.25) is 0 Å². The van der Waals surface area contributed by atoms with Gasteiger partial charge in [0, 0.05) is 11.5 Å². The van der Waals surface area contributed by atoms with Gasteiger partial charge in [-0.05, 0) is 34.9 Å². The minimum atomic E-state index is -0.356. The molecule has 0 saturated heterocycles. The molecule has 4 aromatic rings. The molecule has 1 aromatic heterocycles. The predicted octanol–water partition coefficient (Wildman–Crippen LogP) is 5.68. The van der Waals surface area contributed by atoms with Crippen LogP contribution in [0.3, 0.4) is 0 Å². The molecule has 0 spiro atoms. The van der Waals surface area contributed by atoms with Crippen molar-refractivity contribution in [2.45, 2.75) is 6.61 Å². The number of rotatable bonds is 5. The van der Waals surface area contributed by atoms with E-state index in [1.807, 2.05) is 72.8 Å². The van der Waals surface area contributed by atoms with Gasteiger partial charge < -0.3 is 9.15 Å². The van der Waals surface area contributed by atoms with E-state index in [-0.39, 0.29) is 5.63 Å². The third-order valence-corrected chi connectivity index (χ3v) is 4.41. The van der Waals surface area contributed by atoms with Gasteiger partial charge in [-0.25, -0.2) is 4.79 Å². The molecule has 0 radical (unpaired) electrons. The molecule has 0 aliphatic heterocycles. The summed E-state index contributed by atoms with van der Waals surface area (Å²) in [6.45, 7) is 4.19. The van der Waals surface area contributed by atoms with Crippen molar-refractivity contribution < 1.29 is 9.15 Å². The van der Waals surface area contributed by atoms with E-state index in [1.54, 1.807) is 12.1 Å². The maximum atomic E-state index is 12.4. The average molecular weight is 354 g/mol. The summed E-state index contributed by atoms with van der Waals surface area (Å²) >= 11 is 0. The number of benzene rings is 3. The highest BCUT2D eigenvalue weighted by Crippen LogP contribution is 2.25. The summed E-state index contributed by atoms with van der Waals surface area (Å²) < 4.78 is 11.4. The molecule has 0 fully saturated rings. The molecule has 0 aliphatic carbocycles. The van der Waals surface area contributed by atoms with Crippen molar-refractivity contribution in [3.05, 3.63) is 107 Å². The zero-order valence-corrected chi connectivity index (χ0v) is 14.7. The highest BCUT2D eigenvalue weighted by Gasteiger charge is 2.08. The van der Waals surface area contributed by atoms with Crippen LogP contribution in [0.25, 0.3) is 28.2 Å². The van der Waals surface area contributed by atoms with Crippen LogP contribution in [0.1, 0.15) is 11.1 Å². The van der Waals surface area contributed by atoms with Gasteiger partial charge >= 0.3 is 5.63 Å². The lowest BCUT2D eigenvalue weighted by atomic mass is 10.1. The normalized spacial score (nSPS) is 10.7. The molecule has 0 bridgehead atoms. The smallest absolute Gasteiger partial charge is 0.344 e. The Morgan fingerprint density at radius 1 is 0.926 bits per heavy atom. The molecule has 3 nitrogen and oxygen atoms in total. The van der Waals surface area contributed by atoms with E-state index in [4.69, 9.17) is 9.15 Å². The fourth-order valence-corrected chi connectivity index (χ4v) is 2.92. The Bertz CT molecular complexity index is 1140. The first-order chi connectivity index (χ1) is 13.2. The quantitative estimate of drug-likeness (QED) is 0.433. The van der Waals surface area contributed by atoms with Crippen molar-refractivity contribution in [3.63, 3.8) is 0 Å². The lowest BCUT2D eigenvalue weighted by Gasteiger charge is -2.08. The molecule has 0 unspecified atom stereocenters. The van der Waals surface area contributed by atoms with E-state index in [2.05, 4.69) is 6.58 Å². The van der Waals surface area contributed by atoms with Crippen LogP contribution in [0.15, 0.2) is 94.7 Å². The van der Waals surface area contributed by atoms with Crippen molar-refractivity contribution in [2.75, 3.05) is 0 Å². The Hall–Kier alpha value is -3.59. The highest BCUT2D eigenvalue weighted by atomic mass is 16.5. The van der Waals surface area contributed by atoms with Crippen molar-refractivity contribution in [1.29, 1.82) is 0 Å². The average Bonchev–Trinajstić information content (AvgIpc) is 2.72. The van der Waals surface area contributed by atoms with Crippen molar-refractivity contribution in [3.8, 4) is 16.9 Å². The van der Waals surface area contributed by atoms with Crippen LogP contribution in [-0.2, 0) is 6.61 Å². The van der Waals surface area contributed by atoms with Gasteiger partial charge in [0.05, 0.1) is 5.56 Å². The van der Waals surface area contributed by atoms with Crippen LogP contribution in [0.2, 0.25) is 0 Å². The predicted molar refractivity (Wildman–Crippen MR) is 109 cm³/mol. The van der Waals surface area contributed by atoms with Gasteiger partial charge in [-0.1, -0.05) is 67.3 Å². The standard InChI is InChI=1S/C24H18O3/c1-2-17-8-10-18(11-9-17)16-26-21-13-12-20-14-22(19-6-4-3-5-7-19)24(25)27-23(20)15-21/h2-15H,1,16H2. The van der Waals surface area contributed by atoms with Gasteiger partial charge in [0.1, 0.15) is 17.9 Å². The first-order valence-electron chi connectivity index (χ1n) is 8.70. The second-order valence-electron chi connectivity index (χ2n) is 6.25. The van der Waals surface area contributed by atoms with Gasteiger partial charge in [-0.2, -0.15) is 0 Å². The van der Waals surface area contributed by atoms with E-state index in [1.165, 1.54) is 0 Å². The zero-order valence-electron chi connectivity index (χ0n) is 14.7. The van der Waals surface area contributed by atoms with E-state index in [0.29, 0.717) is 23.5 Å². The number of hydrogen-bond donors (Lipinski definition) is 0. The Balaban J connectivity index is 1.58. The van der Waals surface area contributed by atoms with E-state index in [9.17, 15) is 4.79 Å². The topological polar surface area (TPSA) is 39.4 Å². The van der Waals surface area contributed by atoms with Crippen LogP contribution < -0.4 is 10.4 Å². The van der Waals surface area contributed by atoms with Crippen LogP contribution in [0.4, 0.5) is 0 Å². The molecule has 27 heavy (non-hydrogen) atoms. The molecule has 0 aliphatic rings.